The minimum absolute atomic E-state index is 0.139. The quantitative estimate of drug-likeness (QED) is 0.184. The zero-order valence-corrected chi connectivity index (χ0v) is 23.4. The zero-order chi connectivity index (χ0) is 29.9. The summed E-state index contributed by atoms with van der Waals surface area (Å²) in [6.45, 7) is 6.35. The van der Waals surface area contributed by atoms with E-state index in [4.69, 9.17) is 19.4 Å². The van der Waals surface area contributed by atoms with Crippen LogP contribution in [0.15, 0.2) is 54.6 Å². The Morgan fingerprint density at radius 1 is 1.17 bits per heavy atom. The average molecular weight is 588 g/mol. The number of hydrogen-bond acceptors (Lipinski definition) is 5. The molecule has 5 atom stereocenters. The minimum atomic E-state index is -5.08. The number of piperidine rings is 1. The van der Waals surface area contributed by atoms with Gasteiger partial charge in [-0.1, -0.05) is 43.0 Å². The van der Waals surface area contributed by atoms with Gasteiger partial charge in [0.25, 0.3) is 0 Å². The van der Waals surface area contributed by atoms with Crippen LogP contribution in [0.4, 0.5) is 13.2 Å². The third-order valence-electron chi connectivity index (χ3n) is 10.0. The Balaban J connectivity index is 0.000000405. The predicted octanol–water partition coefficient (Wildman–Crippen LogP) is 5.82. The molecule has 2 bridgehead atoms. The molecule has 2 aromatic carbocycles. The Morgan fingerprint density at radius 2 is 1.88 bits per heavy atom. The zero-order valence-electron chi connectivity index (χ0n) is 23.4. The number of ether oxygens (including phenoxy) is 2. The van der Waals surface area contributed by atoms with Gasteiger partial charge in [-0.05, 0) is 61.3 Å². The van der Waals surface area contributed by atoms with Gasteiger partial charge in [-0.2, -0.15) is 13.2 Å². The van der Waals surface area contributed by atoms with Crippen molar-refractivity contribution >= 4 is 5.97 Å². The summed E-state index contributed by atoms with van der Waals surface area (Å²) in [5, 5.41) is 32.6. The van der Waals surface area contributed by atoms with Gasteiger partial charge in [0.1, 0.15) is 17.7 Å². The number of nitrogens with zero attached hydrogens (tertiary/aromatic N) is 1. The second-order valence-electron chi connectivity index (χ2n) is 12.5. The van der Waals surface area contributed by atoms with E-state index in [9.17, 15) is 23.5 Å². The van der Waals surface area contributed by atoms with E-state index in [2.05, 4.69) is 30.8 Å². The SMILES string of the molecule is C=C1CCC2(OCCCc3ccccc3)[C@H]3Cc4ccc(O)c5c4[C@@]2(CC[N@+]3([O-])CC2CC2)[C@H]1O5.O=C(O)C(F)(F)F. The number of quaternary nitrogens is 1. The number of hydroxylamine groups is 3. The van der Waals surface area contributed by atoms with Crippen LogP contribution in [0.25, 0.3) is 0 Å². The maximum Gasteiger partial charge on any atom is 0.490 e. The molecule has 0 radical (unpaired) electrons. The van der Waals surface area contributed by atoms with Crippen molar-refractivity contribution in [2.45, 2.75) is 80.7 Å². The molecule has 7 rings (SSSR count). The maximum absolute atomic E-state index is 14.7. The molecule has 3 aliphatic carbocycles. The number of aryl methyl sites for hydroxylation is 1. The molecule has 10 heteroatoms. The van der Waals surface area contributed by atoms with Gasteiger partial charge >= 0.3 is 12.1 Å². The number of carboxylic acid groups (broad SMARTS) is 1. The highest BCUT2D eigenvalue weighted by Gasteiger charge is 2.76. The molecule has 1 spiro atoms. The molecule has 1 saturated heterocycles. The number of phenolic OH excluding ortho intramolecular Hbond substituents is 1. The van der Waals surface area contributed by atoms with Crippen molar-refractivity contribution in [2.75, 3.05) is 19.7 Å². The molecule has 3 fully saturated rings. The van der Waals surface area contributed by atoms with Crippen LogP contribution in [0, 0.1) is 11.1 Å². The van der Waals surface area contributed by atoms with E-state index in [0.29, 0.717) is 37.8 Å². The summed E-state index contributed by atoms with van der Waals surface area (Å²) >= 11 is 0. The number of hydrogen-bond donors (Lipinski definition) is 2. The summed E-state index contributed by atoms with van der Waals surface area (Å²) < 4.78 is 45.2. The van der Waals surface area contributed by atoms with Crippen molar-refractivity contribution in [3.63, 3.8) is 0 Å². The van der Waals surface area contributed by atoms with Crippen molar-refractivity contribution in [3.05, 3.63) is 76.5 Å². The number of likely N-dealkylation sites (tertiary alicyclic amines) is 1. The van der Waals surface area contributed by atoms with E-state index in [0.717, 1.165) is 48.8 Å². The molecule has 2 aromatic rings. The lowest BCUT2D eigenvalue weighted by molar-refractivity contribution is -0.924. The monoisotopic (exact) mass is 587 g/mol. The van der Waals surface area contributed by atoms with Crippen molar-refractivity contribution in [1.82, 2.24) is 0 Å². The Hall–Kier alpha value is -3.08. The molecule has 2 aliphatic heterocycles. The van der Waals surface area contributed by atoms with E-state index in [1.807, 2.05) is 12.1 Å². The number of benzene rings is 2. The van der Waals surface area contributed by atoms with E-state index < -0.39 is 23.2 Å². The van der Waals surface area contributed by atoms with Crippen LogP contribution < -0.4 is 4.74 Å². The highest BCUT2D eigenvalue weighted by atomic mass is 19.4. The smallest absolute Gasteiger partial charge is 0.490 e. The van der Waals surface area contributed by atoms with Gasteiger partial charge in [-0.15, -0.1) is 0 Å². The molecule has 42 heavy (non-hydrogen) atoms. The summed E-state index contributed by atoms with van der Waals surface area (Å²) in [4.78, 5) is 8.90. The van der Waals surface area contributed by atoms with Crippen LogP contribution >= 0.6 is 0 Å². The fourth-order valence-corrected chi connectivity index (χ4v) is 8.11. The van der Waals surface area contributed by atoms with Gasteiger partial charge in [-0.25, -0.2) is 4.79 Å². The molecule has 0 amide bonds. The Labute approximate surface area is 242 Å². The predicted molar refractivity (Wildman–Crippen MR) is 148 cm³/mol. The standard InChI is InChI=1S/C30H35NO4.C2HF3O2/c1-20-13-14-30(34-17-5-8-21-6-3-2-4-7-21)25-18-23-11-12-24(32)27-26(23)29(30,28(20)35-27)15-16-31(25,33)19-22-9-10-22;3-2(4,5)1(6)7/h2-4,6-7,11-12,22,25,28,32H,1,5,8-10,13-19H2;(H,6,7)/t25-,28+,29+,30?,31+;/m1./s1. The van der Waals surface area contributed by atoms with Gasteiger partial charge in [-0.3, -0.25) is 0 Å². The number of rotatable bonds is 7. The van der Waals surface area contributed by atoms with Crippen LogP contribution in [0.1, 0.15) is 55.2 Å². The lowest BCUT2D eigenvalue weighted by Gasteiger charge is -2.69. The van der Waals surface area contributed by atoms with Crippen molar-refractivity contribution in [3.8, 4) is 11.5 Å². The number of alkyl halides is 3. The van der Waals surface area contributed by atoms with E-state index >= 15 is 0 Å². The van der Waals surface area contributed by atoms with Crippen LogP contribution in [-0.4, -0.2) is 64.4 Å². The minimum Gasteiger partial charge on any atom is -0.632 e. The topological polar surface area (TPSA) is 99.0 Å². The first-order valence-corrected chi connectivity index (χ1v) is 14.7. The molecule has 5 aliphatic rings. The van der Waals surface area contributed by atoms with Gasteiger partial charge in [0.05, 0.1) is 18.5 Å². The normalized spacial score (nSPS) is 32.3. The second kappa shape index (κ2) is 10.3. The van der Waals surface area contributed by atoms with Crippen LogP contribution in [0.3, 0.4) is 0 Å². The number of carboxylic acids is 1. The van der Waals surface area contributed by atoms with E-state index in [1.165, 1.54) is 18.4 Å². The Bertz CT molecular complexity index is 1380. The maximum atomic E-state index is 14.7. The highest BCUT2D eigenvalue weighted by Crippen LogP contribution is 2.68. The number of aromatic hydroxyl groups is 1. The summed E-state index contributed by atoms with van der Waals surface area (Å²) in [6, 6.07) is 14.2. The third kappa shape index (κ3) is 4.59. The molecule has 2 saturated carbocycles. The van der Waals surface area contributed by atoms with Crippen LogP contribution in [0.2, 0.25) is 0 Å². The van der Waals surface area contributed by atoms with Gasteiger partial charge < -0.3 is 29.5 Å². The molecule has 7 nitrogen and oxygen atoms in total. The van der Waals surface area contributed by atoms with Crippen LogP contribution in [0.5, 0.6) is 11.5 Å². The summed E-state index contributed by atoms with van der Waals surface area (Å²) in [5.74, 6) is -1.39. The van der Waals surface area contributed by atoms with Gasteiger partial charge in [0, 0.05) is 30.9 Å². The molecular weight excluding hydrogens is 551 g/mol. The van der Waals surface area contributed by atoms with Crippen molar-refractivity contribution in [1.29, 1.82) is 0 Å². The molecule has 2 heterocycles. The summed E-state index contributed by atoms with van der Waals surface area (Å²) in [6.07, 6.45) is 1.96. The van der Waals surface area contributed by atoms with Crippen molar-refractivity contribution < 1.29 is 42.3 Å². The highest BCUT2D eigenvalue weighted by molar-refractivity contribution is 5.73. The summed E-state index contributed by atoms with van der Waals surface area (Å²) in [5.41, 5.74) is 3.64. The largest absolute Gasteiger partial charge is 0.632 e. The molecule has 0 aromatic heterocycles. The Kier molecular flexibility index (Phi) is 7.10. The number of carbonyl (C=O) groups is 1. The lowest BCUT2D eigenvalue weighted by Crippen LogP contribution is -2.80. The first-order valence-electron chi connectivity index (χ1n) is 14.7. The fraction of sp³-hybridized carbons (Fsp3) is 0.531. The van der Waals surface area contributed by atoms with E-state index in [1.54, 1.807) is 6.07 Å². The first-order chi connectivity index (χ1) is 19.9. The number of halogens is 3. The van der Waals surface area contributed by atoms with Gasteiger partial charge in [0.15, 0.2) is 11.5 Å². The third-order valence-corrected chi connectivity index (χ3v) is 10.0. The average Bonchev–Trinajstić information content (AvgIpc) is 3.68. The van der Waals surface area contributed by atoms with E-state index in [-0.39, 0.29) is 22.5 Å². The number of aliphatic carboxylic acids is 1. The second-order valence-corrected chi connectivity index (χ2v) is 12.5. The molecular formula is C32H36F3NO6. The van der Waals surface area contributed by atoms with Gasteiger partial charge in [0.2, 0.25) is 0 Å². The molecule has 226 valence electrons. The fourth-order valence-electron chi connectivity index (χ4n) is 8.11. The number of phenols is 1. The molecule has 1 unspecified atom stereocenters. The first kappa shape index (κ1) is 29.0. The molecule has 2 N–H and O–H groups in total. The van der Waals surface area contributed by atoms with Crippen molar-refractivity contribution in [2.24, 2.45) is 5.92 Å². The van der Waals surface area contributed by atoms with Crippen LogP contribution in [-0.2, 0) is 27.8 Å². The Morgan fingerprint density at radius 3 is 2.55 bits per heavy atom. The summed E-state index contributed by atoms with van der Waals surface area (Å²) in [7, 11) is 0. The lowest BCUT2D eigenvalue weighted by atomic mass is 9.48.